The van der Waals surface area contributed by atoms with Crippen molar-refractivity contribution in [2.45, 2.75) is 44.3 Å². The minimum absolute atomic E-state index is 0.692. The molecule has 0 unspecified atom stereocenters. The highest BCUT2D eigenvalue weighted by Crippen LogP contribution is 2.31. The van der Waals surface area contributed by atoms with Crippen molar-refractivity contribution in [3.63, 3.8) is 0 Å². The van der Waals surface area contributed by atoms with Crippen LogP contribution in [0.3, 0.4) is 0 Å². The molecule has 5 nitrogen and oxygen atoms in total. The number of rotatable bonds is 7. The number of ether oxygens (including phenoxy) is 2. The van der Waals surface area contributed by atoms with E-state index in [1.54, 1.807) is 0 Å². The van der Waals surface area contributed by atoms with Gasteiger partial charge in [-0.25, -0.2) is 0 Å². The van der Waals surface area contributed by atoms with Crippen molar-refractivity contribution in [1.82, 2.24) is 15.1 Å². The number of fused-ring (bicyclic) bond motifs is 2. The summed E-state index contributed by atoms with van der Waals surface area (Å²) in [6.45, 7) is 9.08. The van der Waals surface area contributed by atoms with E-state index in [0.717, 1.165) is 77.3 Å². The lowest BCUT2D eigenvalue weighted by molar-refractivity contribution is 0.0357. The number of para-hydroxylation sites is 1. The summed E-state index contributed by atoms with van der Waals surface area (Å²) in [6, 6.07) is 10.1. The molecule has 2 atom stereocenters. The van der Waals surface area contributed by atoms with Gasteiger partial charge in [0.25, 0.3) is 0 Å². The van der Waals surface area contributed by atoms with Gasteiger partial charge in [-0.05, 0) is 38.3 Å². The molecule has 0 aromatic heterocycles. The van der Waals surface area contributed by atoms with Crippen molar-refractivity contribution in [3.05, 3.63) is 29.8 Å². The fraction of sp³-hybridized carbons (Fsp3) is 0.714. The average molecular weight is 360 g/mol. The molecule has 4 rings (SSSR count). The molecule has 144 valence electrons. The Kier molecular flexibility index (Phi) is 6.44. The van der Waals surface area contributed by atoms with Crippen molar-refractivity contribution >= 4 is 0 Å². The number of morpholine rings is 1. The Labute approximate surface area is 157 Å². The monoisotopic (exact) mass is 359 g/mol. The van der Waals surface area contributed by atoms with E-state index in [2.05, 4.69) is 39.4 Å². The Morgan fingerprint density at radius 3 is 2.85 bits per heavy atom. The van der Waals surface area contributed by atoms with Crippen LogP contribution in [0.1, 0.15) is 31.2 Å². The van der Waals surface area contributed by atoms with Crippen molar-refractivity contribution in [1.29, 1.82) is 0 Å². The summed E-state index contributed by atoms with van der Waals surface area (Å²) < 4.78 is 11.6. The summed E-state index contributed by atoms with van der Waals surface area (Å²) in [4.78, 5) is 5.19. The first-order chi connectivity index (χ1) is 12.9. The van der Waals surface area contributed by atoms with Gasteiger partial charge in [0, 0.05) is 50.4 Å². The van der Waals surface area contributed by atoms with Crippen LogP contribution in [-0.4, -0.2) is 74.4 Å². The highest BCUT2D eigenvalue weighted by atomic mass is 16.5. The highest BCUT2D eigenvalue weighted by molar-refractivity contribution is 5.33. The Morgan fingerprint density at radius 1 is 1.08 bits per heavy atom. The largest absolute Gasteiger partial charge is 0.493 e. The van der Waals surface area contributed by atoms with Gasteiger partial charge in [0.05, 0.1) is 19.8 Å². The maximum atomic E-state index is 6.19. The van der Waals surface area contributed by atoms with Crippen LogP contribution in [0.5, 0.6) is 5.75 Å². The highest BCUT2D eigenvalue weighted by Gasteiger charge is 2.34. The van der Waals surface area contributed by atoms with E-state index in [4.69, 9.17) is 9.47 Å². The predicted molar refractivity (Wildman–Crippen MR) is 104 cm³/mol. The van der Waals surface area contributed by atoms with E-state index in [1.165, 1.54) is 24.8 Å². The van der Waals surface area contributed by atoms with Crippen LogP contribution in [0, 0.1) is 0 Å². The van der Waals surface area contributed by atoms with Crippen LogP contribution in [0.15, 0.2) is 24.3 Å². The molecule has 0 aliphatic carbocycles. The van der Waals surface area contributed by atoms with Crippen LogP contribution < -0.4 is 10.1 Å². The Balaban J connectivity index is 1.30. The minimum atomic E-state index is 0.692. The van der Waals surface area contributed by atoms with Gasteiger partial charge >= 0.3 is 0 Å². The summed E-state index contributed by atoms with van der Waals surface area (Å²) in [5.41, 5.74) is 1.35. The smallest absolute Gasteiger partial charge is 0.123 e. The number of hydrogen-bond acceptors (Lipinski definition) is 5. The van der Waals surface area contributed by atoms with E-state index < -0.39 is 0 Å². The molecular formula is C21H33N3O2. The Hall–Kier alpha value is -1.14. The number of nitrogens with zero attached hydrogens (tertiary/aromatic N) is 2. The fourth-order valence-electron chi connectivity index (χ4n) is 4.61. The molecule has 0 saturated carbocycles. The van der Waals surface area contributed by atoms with Gasteiger partial charge in [-0.3, -0.25) is 9.80 Å². The third kappa shape index (κ3) is 4.58. The molecule has 0 spiro atoms. The number of benzene rings is 1. The maximum absolute atomic E-state index is 6.19. The zero-order valence-electron chi connectivity index (χ0n) is 15.9. The lowest BCUT2D eigenvalue weighted by Crippen LogP contribution is -2.37. The van der Waals surface area contributed by atoms with Gasteiger partial charge in [0.1, 0.15) is 5.75 Å². The van der Waals surface area contributed by atoms with E-state index in [-0.39, 0.29) is 0 Å². The zero-order chi connectivity index (χ0) is 17.6. The van der Waals surface area contributed by atoms with Crippen molar-refractivity contribution < 1.29 is 9.47 Å². The second-order valence-corrected chi connectivity index (χ2v) is 7.81. The van der Waals surface area contributed by atoms with E-state index in [0.29, 0.717) is 6.04 Å². The summed E-state index contributed by atoms with van der Waals surface area (Å²) in [6.07, 6.45) is 5.04. The van der Waals surface area contributed by atoms with Gasteiger partial charge in [0.2, 0.25) is 0 Å². The summed E-state index contributed by atoms with van der Waals surface area (Å²) >= 11 is 0. The molecule has 5 heteroatoms. The molecule has 1 aromatic rings. The maximum Gasteiger partial charge on any atom is 0.123 e. The molecular weight excluding hydrogens is 326 g/mol. The normalized spacial score (nSPS) is 27.4. The molecule has 3 heterocycles. The van der Waals surface area contributed by atoms with Gasteiger partial charge in [-0.2, -0.15) is 0 Å². The van der Waals surface area contributed by atoms with Crippen molar-refractivity contribution in [2.75, 3.05) is 52.5 Å². The zero-order valence-corrected chi connectivity index (χ0v) is 15.9. The molecule has 3 aliphatic heterocycles. The first-order valence-electron chi connectivity index (χ1n) is 10.4. The molecule has 2 bridgehead atoms. The molecule has 3 saturated heterocycles. The molecule has 3 fully saturated rings. The molecule has 0 amide bonds. The topological polar surface area (TPSA) is 37.0 Å². The van der Waals surface area contributed by atoms with Gasteiger partial charge in [0.15, 0.2) is 0 Å². The average Bonchev–Trinajstić information content (AvgIpc) is 2.93. The molecule has 1 N–H and O–H groups in total. The SMILES string of the molecule is c1ccc(OCCCN2CCOCC2)c(CN2[C@H]3CCNC[C@@H]2CC3)c1. The lowest BCUT2D eigenvalue weighted by Gasteiger charge is -2.28. The lowest BCUT2D eigenvalue weighted by atomic mass is 10.1. The number of nitrogens with one attached hydrogen (secondary N) is 1. The van der Waals surface area contributed by atoms with Gasteiger partial charge in [-0.1, -0.05) is 18.2 Å². The summed E-state index contributed by atoms with van der Waals surface area (Å²) in [5, 5.41) is 3.60. The van der Waals surface area contributed by atoms with Crippen LogP contribution >= 0.6 is 0 Å². The van der Waals surface area contributed by atoms with Crippen LogP contribution in [0.2, 0.25) is 0 Å². The minimum Gasteiger partial charge on any atom is -0.493 e. The van der Waals surface area contributed by atoms with Crippen molar-refractivity contribution in [2.24, 2.45) is 0 Å². The third-order valence-electron chi connectivity index (χ3n) is 6.11. The van der Waals surface area contributed by atoms with Gasteiger partial charge in [-0.15, -0.1) is 0 Å². The van der Waals surface area contributed by atoms with Crippen molar-refractivity contribution in [3.8, 4) is 5.75 Å². The van der Waals surface area contributed by atoms with E-state index in [1.807, 2.05) is 0 Å². The summed E-state index contributed by atoms with van der Waals surface area (Å²) in [5.74, 6) is 1.08. The standard InChI is InChI=1S/C21H33N3O2/c1-2-5-21(26-13-3-10-23-11-14-25-15-12-23)18(4-1)17-24-19-6-7-20(24)16-22-9-8-19/h1-2,4-5,19-20,22H,3,6-17H2/t19-,20+/m1/s1. The summed E-state index contributed by atoms with van der Waals surface area (Å²) in [7, 11) is 0. The van der Waals surface area contributed by atoms with E-state index in [9.17, 15) is 0 Å². The Morgan fingerprint density at radius 2 is 1.92 bits per heavy atom. The first kappa shape index (κ1) is 18.2. The second-order valence-electron chi connectivity index (χ2n) is 7.81. The number of hydrogen-bond donors (Lipinski definition) is 1. The Bertz CT molecular complexity index is 548. The fourth-order valence-corrected chi connectivity index (χ4v) is 4.61. The third-order valence-corrected chi connectivity index (χ3v) is 6.11. The van der Waals surface area contributed by atoms with E-state index >= 15 is 0 Å². The molecule has 26 heavy (non-hydrogen) atoms. The predicted octanol–water partition coefficient (Wildman–Crippen LogP) is 2.11. The van der Waals surface area contributed by atoms with Crippen LogP contribution in [0.25, 0.3) is 0 Å². The van der Waals surface area contributed by atoms with Crippen LogP contribution in [-0.2, 0) is 11.3 Å². The molecule has 3 aliphatic rings. The first-order valence-corrected chi connectivity index (χ1v) is 10.4. The quantitative estimate of drug-likeness (QED) is 0.755. The second kappa shape index (κ2) is 9.18. The molecule has 1 aromatic carbocycles. The van der Waals surface area contributed by atoms with Gasteiger partial charge < -0.3 is 14.8 Å². The van der Waals surface area contributed by atoms with Crippen LogP contribution in [0.4, 0.5) is 0 Å². The molecule has 0 radical (unpaired) electrons.